The van der Waals surface area contributed by atoms with E-state index in [4.69, 9.17) is 4.74 Å². The number of nitrogens with one attached hydrogen (secondary N) is 1. The van der Waals surface area contributed by atoms with E-state index in [9.17, 15) is 13.2 Å². The predicted molar refractivity (Wildman–Crippen MR) is 106 cm³/mol. The van der Waals surface area contributed by atoms with Crippen LogP contribution in [0.1, 0.15) is 16.7 Å². The molecule has 0 radical (unpaired) electrons. The molecule has 0 saturated carbocycles. The quantitative estimate of drug-likeness (QED) is 0.744. The summed E-state index contributed by atoms with van der Waals surface area (Å²) in [4.78, 5) is 12.4. The summed E-state index contributed by atoms with van der Waals surface area (Å²) in [5.41, 5.74) is 3.82. The van der Waals surface area contributed by atoms with Crippen LogP contribution in [-0.4, -0.2) is 24.7 Å². The number of rotatable bonds is 4. The first-order valence-electron chi connectivity index (χ1n) is 8.41. The van der Waals surface area contributed by atoms with Gasteiger partial charge in [0, 0.05) is 20.2 Å². The minimum absolute atomic E-state index is 0.197. The van der Waals surface area contributed by atoms with Gasteiger partial charge >= 0.3 is 5.69 Å². The van der Waals surface area contributed by atoms with Gasteiger partial charge in [-0.15, -0.1) is 0 Å². The lowest BCUT2D eigenvalue weighted by Crippen LogP contribution is -2.19. The molecular formula is C19H23N3O4S. The van der Waals surface area contributed by atoms with Crippen molar-refractivity contribution >= 4 is 26.7 Å². The molecule has 0 bridgehead atoms. The highest BCUT2D eigenvalue weighted by Crippen LogP contribution is 2.32. The molecule has 3 rings (SSSR count). The van der Waals surface area contributed by atoms with Crippen molar-refractivity contribution < 1.29 is 13.2 Å². The number of sulfonamides is 1. The summed E-state index contributed by atoms with van der Waals surface area (Å²) in [6, 6.07) is 6.86. The minimum atomic E-state index is -3.83. The molecule has 2 aromatic carbocycles. The second-order valence-corrected chi connectivity index (χ2v) is 8.40. The Morgan fingerprint density at radius 2 is 1.56 bits per heavy atom. The van der Waals surface area contributed by atoms with E-state index in [1.807, 2.05) is 19.9 Å². The fourth-order valence-electron chi connectivity index (χ4n) is 3.25. The highest BCUT2D eigenvalue weighted by atomic mass is 32.2. The van der Waals surface area contributed by atoms with Crippen LogP contribution in [0.15, 0.2) is 34.0 Å². The van der Waals surface area contributed by atoms with Gasteiger partial charge in [-0.25, -0.2) is 13.2 Å². The average Bonchev–Trinajstić information content (AvgIpc) is 2.81. The zero-order chi connectivity index (χ0) is 20.1. The molecule has 0 atom stereocenters. The molecule has 0 amide bonds. The number of hydrogen-bond donors (Lipinski definition) is 1. The number of ether oxygens (including phenoxy) is 1. The second-order valence-electron chi connectivity index (χ2n) is 6.75. The maximum atomic E-state index is 13.0. The van der Waals surface area contributed by atoms with Crippen LogP contribution in [0.3, 0.4) is 0 Å². The highest BCUT2D eigenvalue weighted by Gasteiger charge is 2.22. The molecule has 144 valence electrons. The Balaban J connectivity index is 2.19. The molecule has 1 N–H and O–H groups in total. The van der Waals surface area contributed by atoms with E-state index in [0.717, 1.165) is 11.1 Å². The second kappa shape index (κ2) is 6.45. The van der Waals surface area contributed by atoms with Gasteiger partial charge in [0.2, 0.25) is 0 Å². The Morgan fingerprint density at radius 1 is 0.963 bits per heavy atom. The lowest BCUT2D eigenvalue weighted by atomic mass is 10.1. The zero-order valence-electron chi connectivity index (χ0n) is 16.2. The normalized spacial score (nSPS) is 11.8. The Kier molecular flexibility index (Phi) is 4.55. The number of benzene rings is 2. The van der Waals surface area contributed by atoms with Crippen LogP contribution in [0.25, 0.3) is 11.0 Å². The SMILES string of the molecule is COc1cc2c(cc1NS(=O)(=O)c1cc(C)cc(C)c1C)n(C)c(=O)n2C. The molecular weight excluding hydrogens is 366 g/mol. The lowest BCUT2D eigenvalue weighted by Gasteiger charge is -2.15. The number of anilines is 1. The van der Waals surface area contributed by atoms with E-state index in [1.54, 1.807) is 39.2 Å². The molecule has 0 fully saturated rings. The van der Waals surface area contributed by atoms with Gasteiger partial charge in [0.25, 0.3) is 10.0 Å². The topological polar surface area (TPSA) is 82.3 Å². The Hall–Kier alpha value is -2.74. The summed E-state index contributed by atoms with van der Waals surface area (Å²) in [6.07, 6.45) is 0. The molecule has 27 heavy (non-hydrogen) atoms. The zero-order valence-corrected chi connectivity index (χ0v) is 17.1. The molecule has 3 aromatic rings. The summed E-state index contributed by atoms with van der Waals surface area (Å²) in [5, 5.41) is 0. The van der Waals surface area contributed by atoms with Crippen molar-refractivity contribution in [2.45, 2.75) is 25.7 Å². The van der Waals surface area contributed by atoms with Crippen molar-refractivity contribution in [3.8, 4) is 5.75 Å². The number of methoxy groups -OCH3 is 1. The van der Waals surface area contributed by atoms with E-state index in [0.29, 0.717) is 22.3 Å². The summed E-state index contributed by atoms with van der Waals surface area (Å²) in [7, 11) is 0.932. The number of nitrogens with zero attached hydrogens (tertiary/aromatic N) is 2. The van der Waals surface area contributed by atoms with Crippen molar-refractivity contribution in [2.24, 2.45) is 14.1 Å². The molecule has 1 aromatic heterocycles. The van der Waals surface area contributed by atoms with Crippen molar-refractivity contribution in [3.63, 3.8) is 0 Å². The molecule has 0 aliphatic heterocycles. The highest BCUT2D eigenvalue weighted by molar-refractivity contribution is 7.92. The van der Waals surface area contributed by atoms with E-state index >= 15 is 0 Å². The van der Waals surface area contributed by atoms with Crippen molar-refractivity contribution in [2.75, 3.05) is 11.8 Å². The fourth-order valence-corrected chi connectivity index (χ4v) is 4.72. The van der Waals surface area contributed by atoms with Gasteiger partial charge in [0.05, 0.1) is 28.7 Å². The Labute approximate surface area is 158 Å². The van der Waals surface area contributed by atoms with Crippen LogP contribution in [0.5, 0.6) is 5.75 Å². The summed E-state index contributed by atoms with van der Waals surface area (Å²) in [5.74, 6) is 0.342. The van der Waals surface area contributed by atoms with E-state index < -0.39 is 10.0 Å². The molecule has 8 heteroatoms. The van der Waals surface area contributed by atoms with Gasteiger partial charge in [0.1, 0.15) is 5.75 Å². The summed E-state index contributed by atoms with van der Waals surface area (Å²) < 4.78 is 37.0. The van der Waals surface area contributed by atoms with Crippen LogP contribution in [-0.2, 0) is 24.1 Å². The van der Waals surface area contributed by atoms with E-state index in [2.05, 4.69) is 4.72 Å². The number of aromatic nitrogens is 2. The van der Waals surface area contributed by atoms with Crippen LogP contribution in [0.4, 0.5) is 5.69 Å². The van der Waals surface area contributed by atoms with Crippen LogP contribution < -0.4 is 15.1 Å². The van der Waals surface area contributed by atoms with Gasteiger partial charge in [-0.3, -0.25) is 13.9 Å². The smallest absolute Gasteiger partial charge is 0.328 e. The third kappa shape index (κ3) is 3.10. The minimum Gasteiger partial charge on any atom is -0.494 e. The van der Waals surface area contributed by atoms with Crippen LogP contribution in [0.2, 0.25) is 0 Å². The molecule has 0 aliphatic carbocycles. The number of aryl methyl sites for hydroxylation is 4. The van der Waals surface area contributed by atoms with Gasteiger partial charge < -0.3 is 4.74 Å². The van der Waals surface area contributed by atoms with Crippen LogP contribution in [0, 0.1) is 20.8 Å². The largest absolute Gasteiger partial charge is 0.494 e. The molecule has 7 nitrogen and oxygen atoms in total. The molecule has 0 saturated heterocycles. The Bertz CT molecular complexity index is 1220. The van der Waals surface area contributed by atoms with Gasteiger partial charge in [-0.1, -0.05) is 6.07 Å². The third-order valence-corrected chi connectivity index (χ3v) is 6.38. The first-order valence-corrected chi connectivity index (χ1v) is 9.89. The van der Waals surface area contributed by atoms with Gasteiger partial charge in [0.15, 0.2) is 0 Å². The van der Waals surface area contributed by atoms with Crippen LogP contribution >= 0.6 is 0 Å². The maximum absolute atomic E-state index is 13.0. The molecule has 0 aliphatic rings. The molecule has 0 unspecified atom stereocenters. The Morgan fingerprint density at radius 3 is 2.15 bits per heavy atom. The maximum Gasteiger partial charge on any atom is 0.328 e. The van der Waals surface area contributed by atoms with E-state index in [1.165, 1.54) is 16.2 Å². The summed E-state index contributed by atoms with van der Waals surface area (Å²) in [6.45, 7) is 5.52. The van der Waals surface area contributed by atoms with Crippen molar-refractivity contribution in [1.29, 1.82) is 0 Å². The lowest BCUT2D eigenvalue weighted by molar-refractivity contribution is 0.417. The third-order valence-electron chi connectivity index (χ3n) is 4.89. The molecule has 0 spiro atoms. The van der Waals surface area contributed by atoms with Gasteiger partial charge in [-0.05, 0) is 49.6 Å². The van der Waals surface area contributed by atoms with Crippen molar-refractivity contribution in [3.05, 3.63) is 51.4 Å². The number of hydrogen-bond acceptors (Lipinski definition) is 4. The summed E-state index contributed by atoms with van der Waals surface area (Å²) >= 11 is 0. The molecule has 1 heterocycles. The number of imidazole rings is 1. The monoisotopic (exact) mass is 389 g/mol. The van der Waals surface area contributed by atoms with E-state index in [-0.39, 0.29) is 16.3 Å². The predicted octanol–water partition coefficient (Wildman–Crippen LogP) is 2.61. The fraction of sp³-hybridized carbons (Fsp3) is 0.316. The first-order chi connectivity index (χ1) is 12.6. The first kappa shape index (κ1) is 19.0. The number of fused-ring (bicyclic) bond motifs is 1. The van der Waals surface area contributed by atoms with Gasteiger partial charge in [-0.2, -0.15) is 0 Å². The van der Waals surface area contributed by atoms with Crippen molar-refractivity contribution in [1.82, 2.24) is 9.13 Å². The average molecular weight is 389 g/mol. The standard InChI is InChI=1S/C19H23N3O4S/c1-11-7-12(2)13(3)18(8-11)27(24,25)20-14-9-15-16(10-17(14)26-6)22(5)19(23)21(15)4/h7-10,20H,1-6H3.